The predicted molar refractivity (Wildman–Crippen MR) is 75.6 cm³/mol. The van der Waals surface area contributed by atoms with E-state index in [9.17, 15) is 13.7 Å². The molecule has 110 valence electrons. The van der Waals surface area contributed by atoms with Crippen molar-refractivity contribution in [1.82, 2.24) is 9.03 Å². The van der Waals surface area contributed by atoms with Crippen LogP contribution in [0, 0.1) is 11.3 Å². The Morgan fingerprint density at radius 1 is 1.11 bits per heavy atom. The van der Waals surface area contributed by atoms with Gasteiger partial charge in [0.2, 0.25) is 0 Å². The molecule has 19 heavy (non-hydrogen) atoms. The SMILES string of the molecule is CCN(CC)S(=O)(=O)NC1(C#N)CCCCCCC1. The first-order valence-electron chi connectivity index (χ1n) is 7.20. The molecule has 6 heteroatoms. The zero-order valence-electron chi connectivity index (χ0n) is 12.0. The lowest BCUT2D eigenvalue weighted by Gasteiger charge is -2.31. The van der Waals surface area contributed by atoms with Gasteiger partial charge >= 0.3 is 0 Å². The molecule has 5 nitrogen and oxygen atoms in total. The van der Waals surface area contributed by atoms with Gasteiger partial charge in [0, 0.05) is 13.1 Å². The minimum atomic E-state index is -3.56. The number of hydrogen-bond donors (Lipinski definition) is 1. The van der Waals surface area contributed by atoms with Crippen LogP contribution in [0.15, 0.2) is 0 Å². The van der Waals surface area contributed by atoms with Crippen molar-refractivity contribution < 1.29 is 8.42 Å². The molecular formula is C13H25N3O2S. The predicted octanol–water partition coefficient (Wildman–Crippen LogP) is 2.17. The summed E-state index contributed by atoms with van der Waals surface area (Å²) in [6.45, 7) is 4.46. The van der Waals surface area contributed by atoms with E-state index in [1.165, 1.54) is 10.7 Å². The van der Waals surface area contributed by atoms with Gasteiger partial charge in [-0.25, -0.2) is 0 Å². The van der Waals surface area contributed by atoms with Crippen LogP contribution in [-0.4, -0.2) is 31.4 Å². The monoisotopic (exact) mass is 287 g/mol. The minimum absolute atomic E-state index is 0.424. The summed E-state index contributed by atoms with van der Waals surface area (Å²) in [6, 6.07) is 2.23. The molecule has 1 rings (SSSR count). The van der Waals surface area contributed by atoms with Crippen LogP contribution in [0.5, 0.6) is 0 Å². The molecule has 0 radical (unpaired) electrons. The lowest BCUT2D eigenvalue weighted by Crippen LogP contribution is -2.53. The van der Waals surface area contributed by atoms with Crippen LogP contribution in [-0.2, 0) is 10.2 Å². The molecule has 0 unspecified atom stereocenters. The first kappa shape index (κ1) is 16.4. The normalized spacial score (nSPS) is 20.5. The van der Waals surface area contributed by atoms with E-state index in [0.29, 0.717) is 25.9 Å². The van der Waals surface area contributed by atoms with Crippen LogP contribution in [0.4, 0.5) is 0 Å². The highest BCUT2D eigenvalue weighted by Gasteiger charge is 2.36. The number of hydrogen-bond acceptors (Lipinski definition) is 3. The van der Waals surface area contributed by atoms with E-state index in [0.717, 1.165) is 25.7 Å². The van der Waals surface area contributed by atoms with E-state index >= 15 is 0 Å². The van der Waals surface area contributed by atoms with E-state index in [1.54, 1.807) is 13.8 Å². The number of nitrogens with zero attached hydrogens (tertiary/aromatic N) is 2. The molecule has 0 atom stereocenters. The highest BCUT2D eigenvalue weighted by atomic mass is 32.2. The van der Waals surface area contributed by atoms with Crippen molar-refractivity contribution in [1.29, 1.82) is 5.26 Å². The molecule has 0 aromatic carbocycles. The molecule has 1 aliphatic rings. The Labute approximate surface area is 117 Å². The lowest BCUT2D eigenvalue weighted by molar-refractivity contribution is 0.341. The third-order valence-corrected chi connectivity index (χ3v) is 5.64. The largest absolute Gasteiger partial charge is 0.280 e. The minimum Gasteiger partial charge on any atom is -0.196 e. The summed E-state index contributed by atoms with van der Waals surface area (Å²) < 4.78 is 28.6. The fraction of sp³-hybridized carbons (Fsp3) is 0.923. The summed E-state index contributed by atoms with van der Waals surface area (Å²) in [4.78, 5) is 0. The van der Waals surface area contributed by atoms with Crippen LogP contribution < -0.4 is 4.72 Å². The third-order valence-electron chi connectivity index (χ3n) is 3.79. The average molecular weight is 287 g/mol. The number of rotatable bonds is 5. The summed E-state index contributed by atoms with van der Waals surface area (Å²) >= 11 is 0. The Morgan fingerprint density at radius 2 is 1.58 bits per heavy atom. The van der Waals surface area contributed by atoms with E-state index < -0.39 is 15.7 Å². The van der Waals surface area contributed by atoms with Crippen LogP contribution in [0.3, 0.4) is 0 Å². The summed E-state index contributed by atoms with van der Waals surface area (Å²) in [7, 11) is -3.56. The van der Waals surface area contributed by atoms with Crippen molar-refractivity contribution in [2.24, 2.45) is 0 Å². The zero-order valence-corrected chi connectivity index (χ0v) is 12.8. The molecule has 0 amide bonds. The molecule has 0 heterocycles. The third kappa shape index (κ3) is 4.44. The van der Waals surface area contributed by atoms with Gasteiger partial charge in [0.25, 0.3) is 10.2 Å². The fourth-order valence-electron chi connectivity index (χ4n) is 2.62. The van der Waals surface area contributed by atoms with E-state index in [-0.39, 0.29) is 0 Å². The van der Waals surface area contributed by atoms with Gasteiger partial charge in [0.15, 0.2) is 0 Å². The Kier molecular flexibility index (Phi) is 6.24. The molecule has 0 saturated heterocycles. The fourth-order valence-corrected chi connectivity index (χ4v) is 4.17. The number of nitrogens with one attached hydrogen (secondary N) is 1. The molecule has 1 aliphatic carbocycles. The Morgan fingerprint density at radius 3 is 2.00 bits per heavy atom. The average Bonchev–Trinajstić information content (AvgIpc) is 2.34. The molecule has 0 aliphatic heterocycles. The van der Waals surface area contributed by atoms with Gasteiger partial charge in [0.1, 0.15) is 5.54 Å². The Bertz CT molecular complexity index is 402. The molecule has 1 saturated carbocycles. The second-order valence-electron chi connectivity index (χ2n) is 5.15. The van der Waals surface area contributed by atoms with Crippen LogP contribution in [0.25, 0.3) is 0 Å². The van der Waals surface area contributed by atoms with E-state index in [4.69, 9.17) is 0 Å². The molecule has 0 spiro atoms. The van der Waals surface area contributed by atoms with Gasteiger partial charge in [-0.15, -0.1) is 0 Å². The topological polar surface area (TPSA) is 73.2 Å². The maximum Gasteiger partial charge on any atom is 0.280 e. The van der Waals surface area contributed by atoms with Crippen molar-refractivity contribution in [2.75, 3.05) is 13.1 Å². The van der Waals surface area contributed by atoms with Gasteiger partial charge < -0.3 is 0 Å². The highest BCUT2D eigenvalue weighted by Crippen LogP contribution is 2.27. The Balaban J connectivity index is 2.87. The molecular weight excluding hydrogens is 262 g/mol. The molecule has 0 bridgehead atoms. The van der Waals surface area contributed by atoms with Gasteiger partial charge in [-0.1, -0.05) is 46.0 Å². The lowest BCUT2D eigenvalue weighted by atomic mass is 9.86. The van der Waals surface area contributed by atoms with Crippen molar-refractivity contribution in [3.8, 4) is 6.07 Å². The van der Waals surface area contributed by atoms with Crippen molar-refractivity contribution in [2.45, 2.75) is 64.3 Å². The standard InChI is InChI=1S/C13H25N3O2S/c1-3-16(4-2)19(17,18)15-13(12-14)10-8-6-5-7-9-11-13/h15H,3-11H2,1-2H3. The van der Waals surface area contributed by atoms with Crippen molar-refractivity contribution >= 4 is 10.2 Å². The Hall–Kier alpha value is -0.640. The maximum absolute atomic E-state index is 12.3. The summed E-state index contributed by atoms with van der Waals surface area (Å²) in [5.74, 6) is 0. The molecule has 0 aromatic rings. The van der Waals surface area contributed by atoms with E-state index in [2.05, 4.69) is 10.8 Å². The second-order valence-corrected chi connectivity index (χ2v) is 6.82. The second kappa shape index (κ2) is 7.22. The van der Waals surface area contributed by atoms with Crippen LogP contribution >= 0.6 is 0 Å². The van der Waals surface area contributed by atoms with Crippen LogP contribution in [0.2, 0.25) is 0 Å². The van der Waals surface area contributed by atoms with Crippen molar-refractivity contribution in [3.63, 3.8) is 0 Å². The first-order chi connectivity index (χ1) is 8.99. The smallest absolute Gasteiger partial charge is 0.196 e. The maximum atomic E-state index is 12.3. The molecule has 1 fully saturated rings. The van der Waals surface area contributed by atoms with Crippen molar-refractivity contribution in [3.05, 3.63) is 0 Å². The highest BCUT2D eigenvalue weighted by molar-refractivity contribution is 7.87. The van der Waals surface area contributed by atoms with Gasteiger partial charge in [-0.3, -0.25) is 0 Å². The zero-order chi connectivity index (χ0) is 14.4. The first-order valence-corrected chi connectivity index (χ1v) is 8.64. The summed E-state index contributed by atoms with van der Waals surface area (Å²) in [6.07, 6.45) is 6.40. The summed E-state index contributed by atoms with van der Waals surface area (Å²) in [5, 5.41) is 9.45. The van der Waals surface area contributed by atoms with E-state index in [1.807, 2.05) is 0 Å². The van der Waals surface area contributed by atoms with Crippen LogP contribution in [0.1, 0.15) is 58.8 Å². The molecule has 0 aromatic heterocycles. The van der Waals surface area contributed by atoms with Gasteiger partial charge in [-0.05, 0) is 12.8 Å². The quantitative estimate of drug-likeness (QED) is 0.842. The van der Waals surface area contributed by atoms with Gasteiger partial charge in [-0.2, -0.15) is 22.7 Å². The van der Waals surface area contributed by atoms with Gasteiger partial charge in [0.05, 0.1) is 6.07 Å². The molecule has 1 N–H and O–H groups in total. The summed E-state index contributed by atoms with van der Waals surface area (Å²) in [5.41, 5.74) is -0.915. The number of nitriles is 1.